The molecule has 0 radical (unpaired) electrons. The van der Waals surface area contributed by atoms with E-state index in [-0.39, 0.29) is 17.4 Å². The van der Waals surface area contributed by atoms with Crippen LogP contribution < -0.4 is 5.32 Å². The van der Waals surface area contributed by atoms with Gasteiger partial charge < -0.3 is 15.1 Å². The first-order valence-corrected chi connectivity index (χ1v) is 11.1. The summed E-state index contributed by atoms with van der Waals surface area (Å²) in [5.41, 5.74) is 2.95. The first-order valence-electron chi connectivity index (χ1n) is 11.1. The smallest absolute Gasteiger partial charge is 0.319 e. The molecule has 2 saturated heterocycles. The van der Waals surface area contributed by atoms with Crippen molar-refractivity contribution < 1.29 is 9.59 Å². The lowest BCUT2D eigenvalue weighted by Crippen LogP contribution is -2.49. The van der Waals surface area contributed by atoms with Gasteiger partial charge in [0.1, 0.15) is 0 Å². The fourth-order valence-corrected chi connectivity index (χ4v) is 5.66. The number of piperidine rings is 1. The Bertz CT molecular complexity index is 759. The van der Waals surface area contributed by atoms with Gasteiger partial charge in [0, 0.05) is 38.6 Å². The molecule has 150 valence electrons. The second kappa shape index (κ2) is 7.09. The van der Waals surface area contributed by atoms with Crippen molar-refractivity contribution in [1.82, 2.24) is 15.1 Å². The quantitative estimate of drug-likeness (QED) is 0.873. The normalized spacial score (nSPS) is 25.8. The number of carbonyl (C=O) groups excluding carboxylic acids is 2. The average molecular weight is 382 g/mol. The van der Waals surface area contributed by atoms with Gasteiger partial charge in [0.2, 0.25) is 5.91 Å². The summed E-state index contributed by atoms with van der Waals surface area (Å²) in [5, 5.41) is 3.16. The molecule has 1 N–H and O–H groups in total. The van der Waals surface area contributed by atoms with Gasteiger partial charge in [0.15, 0.2) is 0 Å². The van der Waals surface area contributed by atoms with Crippen LogP contribution in [0.5, 0.6) is 0 Å². The molecule has 3 fully saturated rings. The molecule has 1 spiro atoms. The van der Waals surface area contributed by atoms with E-state index in [1.54, 1.807) is 0 Å². The van der Waals surface area contributed by atoms with Gasteiger partial charge in [-0.1, -0.05) is 24.3 Å². The van der Waals surface area contributed by atoms with Crippen LogP contribution in [0, 0.1) is 0 Å². The number of fused-ring (bicyclic) bond motifs is 2. The molecule has 0 bridgehead atoms. The maximum atomic E-state index is 12.8. The Kier molecular flexibility index (Phi) is 4.56. The van der Waals surface area contributed by atoms with Crippen LogP contribution >= 0.6 is 0 Å². The number of carbonyl (C=O) groups is 2. The number of hydrogen-bond acceptors (Lipinski definition) is 2. The number of nitrogens with one attached hydrogen (secondary N) is 1. The van der Waals surface area contributed by atoms with E-state index in [1.165, 1.54) is 11.1 Å². The molecular weight excluding hydrogens is 350 g/mol. The van der Waals surface area contributed by atoms with Crippen LogP contribution in [0.15, 0.2) is 24.3 Å². The third kappa shape index (κ3) is 3.29. The molecule has 2 aliphatic heterocycles. The van der Waals surface area contributed by atoms with Crippen LogP contribution in [0.1, 0.15) is 68.4 Å². The van der Waals surface area contributed by atoms with Crippen molar-refractivity contribution in [2.45, 2.75) is 68.7 Å². The van der Waals surface area contributed by atoms with Crippen molar-refractivity contribution in [2.24, 2.45) is 0 Å². The lowest BCUT2D eigenvalue weighted by molar-refractivity contribution is -0.121. The van der Waals surface area contributed by atoms with Gasteiger partial charge in [0.25, 0.3) is 0 Å². The molecule has 1 aromatic carbocycles. The number of urea groups is 1. The lowest BCUT2D eigenvalue weighted by atomic mass is 9.73. The lowest BCUT2D eigenvalue weighted by Gasteiger charge is -2.41. The van der Waals surface area contributed by atoms with E-state index < -0.39 is 0 Å². The van der Waals surface area contributed by atoms with Crippen LogP contribution in [0.25, 0.3) is 0 Å². The molecule has 1 atom stereocenters. The highest BCUT2D eigenvalue weighted by Gasteiger charge is 2.46. The topological polar surface area (TPSA) is 52.7 Å². The zero-order valence-electron chi connectivity index (χ0n) is 16.7. The average Bonchev–Trinajstić information content (AvgIpc) is 3.25. The maximum Gasteiger partial charge on any atom is 0.319 e. The van der Waals surface area contributed by atoms with Crippen molar-refractivity contribution in [3.63, 3.8) is 0 Å². The van der Waals surface area contributed by atoms with Gasteiger partial charge in [-0.3, -0.25) is 4.79 Å². The molecule has 0 aromatic heterocycles. The summed E-state index contributed by atoms with van der Waals surface area (Å²) < 4.78 is 0. The third-order valence-corrected chi connectivity index (χ3v) is 7.35. The predicted octanol–water partition coefficient (Wildman–Crippen LogP) is 3.39. The van der Waals surface area contributed by atoms with Crippen molar-refractivity contribution in [1.29, 1.82) is 0 Å². The summed E-state index contributed by atoms with van der Waals surface area (Å²) >= 11 is 0. The second-order valence-electron chi connectivity index (χ2n) is 9.28. The van der Waals surface area contributed by atoms with Gasteiger partial charge in [-0.05, 0) is 67.4 Å². The number of hydrogen-bond donors (Lipinski definition) is 1. The van der Waals surface area contributed by atoms with Gasteiger partial charge in [0.05, 0.1) is 0 Å². The molecule has 2 heterocycles. The van der Waals surface area contributed by atoms with Crippen molar-refractivity contribution in [2.75, 3.05) is 26.2 Å². The molecule has 5 nitrogen and oxygen atoms in total. The third-order valence-electron chi connectivity index (χ3n) is 7.35. The van der Waals surface area contributed by atoms with Crippen molar-refractivity contribution >= 4 is 11.9 Å². The Labute approximate surface area is 167 Å². The molecule has 28 heavy (non-hydrogen) atoms. The summed E-state index contributed by atoms with van der Waals surface area (Å²) in [6.07, 6.45) is 8.25. The number of likely N-dealkylation sites (tertiary alicyclic amines) is 2. The Morgan fingerprint density at radius 2 is 1.68 bits per heavy atom. The molecule has 4 aliphatic rings. The molecule has 0 unspecified atom stereocenters. The van der Waals surface area contributed by atoms with Gasteiger partial charge >= 0.3 is 6.03 Å². The zero-order valence-corrected chi connectivity index (χ0v) is 16.7. The summed E-state index contributed by atoms with van der Waals surface area (Å²) in [7, 11) is 0. The number of rotatable bonds is 3. The highest BCUT2D eigenvalue weighted by Crippen LogP contribution is 2.52. The fourth-order valence-electron chi connectivity index (χ4n) is 5.66. The van der Waals surface area contributed by atoms with E-state index in [2.05, 4.69) is 34.5 Å². The first kappa shape index (κ1) is 18.0. The Balaban J connectivity index is 1.28. The van der Waals surface area contributed by atoms with E-state index in [4.69, 9.17) is 0 Å². The monoisotopic (exact) mass is 381 g/mol. The highest BCUT2D eigenvalue weighted by molar-refractivity contribution is 5.78. The molecular formula is C23H31N3O2. The Hall–Kier alpha value is -2.04. The summed E-state index contributed by atoms with van der Waals surface area (Å²) in [5.74, 6) is 0.525. The van der Waals surface area contributed by atoms with E-state index in [0.29, 0.717) is 18.4 Å². The molecule has 5 rings (SSSR count). The molecule has 2 aliphatic carbocycles. The number of nitrogens with zero attached hydrogens (tertiary/aromatic N) is 2. The molecule has 1 saturated carbocycles. The van der Waals surface area contributed by atoms with Crippen molar-refractivity contribution in [3.05, 3.63) is 35.4 Å². The minimum Gasteiger partial charge on any atom is -0.353 e. The minimum absolute atomic E-state index is 0.142. The SMILES string of the molecule is O=C(C[C@@H]1CC2(CCN(C(=O)N3CCCC3)CC2)c2ccccc21)NC1CC1. The Morgan fingerprint density at radius 3 is 2.39 bits per heavy atom. The second-order valence-corrected chi connectivity index (χ2v) is 9.28. The van der Waals surface area contributed by atoms with Crippen LogP contribution in [-0.4, -0.2) is 54.0 Å². The standard InChI is InChI=1S/C23H31N3O2/c27-21(24-18-7-8-18)15-17-16-23(20-6-2-1-5-19(17)20)9-13-26(14-10-23)22(28)25-11-3-4-12-25/h1-2,5-6,17-18H,3-4,7-16H2,(H,24,27)/t17-/m1/s1. The van der Waals surface area contributed by atoms with E-state index >= 15 is 0 Å². The van der Waals surface area contributed by atoms with E-state index in [0.717, 1.165) is 71.1 Å². The van der Waals surface area contributed by atoms with Gasteiger partial charge in [-0.2, -0.15) is 0 Å². The number of benzene rings is 1. The van der Waals surface area contributed by atoms with Gasteiger partial charge in [-0.25, -0.2) is 4.79 Å². The molecule has 5 heteroatoms. The summed E-state index contributed by atoms with van der Waals surface area (Å²) in [4.78, 5) is 29.3. The van der Waals surface area contributed by atoms with E-state index in [9.17, 15) is 9.59 Å². The predicted molar refractivity (Wildman–Crippen MR) is 108 cm³/mol. The first-order chi connectivity index (χ1) is 13.6. The van der Waals surface area contributed by atoms with Crippen LogP contribution in [0.3, 0.4) is 0 Å². The minimum atomic E-state index is 0.142. The summed E-state index contributed by atoms with van der Waals surface area (Å²) in [6, 6.07) is 9.40. The Morgan fingerprint density at radius 1 is 1.00 bits per heavy atom. The zero-order chi connectivity index (χ0) is 19.1. The fraction of sp³-hybridized carbons (Fsp3) is 0.652. The largest absolute Gasteiger partial charge is 0.353 e. The van der Waals surface area contributed by atoms with Crippen molar-refractivity contribution in [3.8, 4) is 0 Å². The van der Waals surface area contributed by atoms with Gasteiger partial charge in [-0.15, -0.1) is 0 Å². The molecule has 3 amide bonds. The molecule has 1 aromatic rings. The van der Waals surface area contributed by atoms with Crippen LogP contribution in [0.4, 0.5) is 4.79 Å². The highest BCUT2D eigenvalue weighted by atomic mass is 16.2. The van der Waals surface area contributed by atoms with Crippen LogP contribution in [0.2, 0.25) is 0 Å². The maximum absolute atomic E-state index is 12.8. The number of amides is 3. The summed E-state index contributed by atoms with van der Waals surface area (Å²) in [6.45, 7) is 3.51. The van der Waals surface area contributed by atoms with E-state index in [1.807, 2.05) is 4.90 Å². The van der Waals surface area contributed by atoms with Crippen LogP contribution in [-0.2, 0) is 10.2 Å².